The van der Waals surface area contributed by atoms with Gasteiger partial charge in [0.25, 0.3) is 0 Å². The van der Waals surface area contributed by atoms with Crippen LogP contribution >= 0.6 is 0 Å². The lowest BCUT2D eigenvalue weighted by Gasteiger charge is -2.19. The number of Topliss-reactive ketones (excluding diaryl/α,β-unsaturated/α-hetero) is 1. The summed E-state index contributed by atoms with van der Waals surface area (Å²) >= 11 is 0. The molecule has 0 fully saturated rings. The lowest BCUT2D eigenvalue weighted by Crippen LogP contribution is -2.19. The van der Waals surface area contributed by atoms with Crippen LogP contribution in [0.1, 0.15) is 35.0 Å². The second-order valence-electron chi connectivity index (χ2n) is 7.61. The molecule has 1 amide bonds. The number of aryl methyl sites for hydroxylation is 1. The maximum atomic E-state index is 11.9. The average molecular weight is 412 g/mol. The van der Waals surface area contributed by atoms with E-state index >= 15 is 0 Å². The Morgan fingerprint density at radius 2 is 2.00 bits per heavy atom. The molecule has 0 unspecified atom stereocenters. The van der Waals surface area contributed by atoms with Crippen LogP contribution in [-0.4, -0.2) is 31.3 Å². The van der Waals surface area contributed by atoms with Gasteiger partial charge in [0.2, 0.25) is 5.91 Å². The first-order valence-corrected chi connectivity index (χ1v) is 10.1. The van der Waals surface area contributed by atoms with Crippen LogP contribution in [0.3, 0.4) is 0 Å². The Kier molecular flexibility index (Phi) is 4.60. The van der Waals surface area contributed by atoms with Crippen LogP contribution in [0.25, 0.3) is 28.1 Å². The Bertz CT molecular complexity index is 1360. The summed E-state index contributed by atoms with van der Waals surface area (Å²) in [5.41, 5.74) is 6.33. The minimum atomic E-state index is -0.166. The fourth-order valence-corrected chi connectivity index (χ4v) is 3.97. The third-order valence-corrected chi connectivity index (χ3v) is 5.54. The quantitative estimate of drug-likeness (QED) is 0.499. The van der Waals surface area contributed by atoms with Gasteiger partial charge in [-0.15, -0.1) is 0 Å². The molecule has 0 aliphatic carbocycles. The van der Waals surface area contributed by atoms with Crippen LogP contribution in [0.5, 0.6) is 0 Å². The first-order chi connectivity index (χ1) is 15.0. The Hall–Kier alpha value is -3.84. The van der Waals surface area contributed by atoms with E-state index in [0.29, 0.717) is 35.4 Å². The summed E-state index contributed by atoms with van der Waals surface area (Å²) in [6.45, 7) is 1.37. The van der Waals surface area contributed by atoms with Crippen LogP contribution in [0, 0.1) is 0 Å². The number of pyridine rings is 1. The van der Waals surface area contributed by atoms with Crippen molar-refractivity contribution in [1.29, 1.82) is 0 Å². The van der Waals surface area contributed by atoms with Gasteiger partial charge in [0, 0.05) is 35.1 Å². The van der Waals surface area contributed by atoms with Crippen LogP contribution < -0.4 is 5.32 Å². The van der Waals surface area contributed by atoms with Crippen LogP contribution in [0.15, 0.2) is 54.7 Å². The molecule has 0 radical (unpaired) electrons. The molecule has 154 valence electrons. The molecular weight excluding hydrogens is 392 g/mol. The van der Waals surface area contributed by atoms with Gasteiger partial charge in [0.05, 0.1) is 23.3 Å². The molecule has 5 rings (SSSR count). The number of carbonyl (C=O) groups is 2. The number of hydrogen-bond acceptors (Lipinski definition) is 5. The van der Waals surface area contributed by atoms with Gasteiger partial charge in [-0.25, -0.2) is 4.98 Å². The van der Waals surface area contributed by atoms with Crippen molar-refractivity contribution in [2.75, 3.05) is 5.32 Å². The number of amides is 1. The van der Waals surface area contributed by atoms with Gasteiger partial charge in [0.15, 0.2) is 5.78 Å². The van der Waals surface area contributed by atoms with E-state index in [1.165, 1.54) is 6.92 Å². The molecule has 0 bridgehead atoms. The number of nitrogens with one attached hydrogen (secondary N) is 1. The summed E-state index contributed by atoms with van der Waals surface area (Å²) in [6, 6.07) is 15.1. The maximum Gasteiger partial charge on any atom is 0.224 e. The topological polar surface area (TPSA) is 97.1 Å². The van der Waals surface area contributed by atoms with E-state index < -0.39 is 0 Å². The van der Waals surface area contributed by atoms with Gasteiger partial charge in [0.1, 0.15) is 5.82 Å². The third-order valence-electron chi connectivity index (χ3n) is 5.54. The molecule has 1 aliphatic rings. The molecule has 0 saturated heterocycles. The Balaban J connectivity index is 1.75. The van der Waals surface area contributed by atoms with Crippen molar-refractivity contribution < 1.29 is 14.7 Å². The number of rotatable bonds is 4. The largest absolute Gasteiger partial charge is 0.390 e. The Morgan fingerprint density at radius 3 is 2.81 bits per heavy atom. The zero-order valence-corrected chi connectivity index (χ0v) is 16.9. The molecule has 0 spiro atoms. The second kappa shape index (κ2) is 7.45. The molecule has 0 saturated carbocycles. The van der Waals surface area contributed by atoms with Crippen molar-refractivity contribution in [3.8, 4) is 17.1 Å². The highest BCUT2D eigenvalue weighted by Gasteiger charge is 2.19. The van der Waals surface area contributed by atoms with Gasteiger partial charge >= 0.3 is 0 Å². The lowest BCUT2D eigenvalue weighted by atomic mass is 10.0. The normalized spacial score (nSPS) is 13.2. The van der Waals surface area contributed by atoms with E-state index in [1.54, 1.807) is 18.3 Å². The van der Waals surface area contributed by atoms with E-state index in [0.717, 1.165) is 28.0 Å². The van der Waals surface area contributed by atoms with Gasteiger partial charge in [-0.2, -0.15) is 0 Å². The Morgan fingerprint density at radius 1 is 1.13 bits per heavy atom. The number of fused-ring (bicyclic) bond motifs is 2. The first kappa shape index (κ1) is 19.1. The summed E-state index contributed by atoms with van der Waals surface area (Å²) in [6.07, 6.45) is 2.78. The van der Waals surface area contributed by atoms with E-state index in [-0.39, 0.29) is 18.3 Å². The van der Waals surface area contributed by atoms with Crippen LogP contribution in [0.4, 0.5) is 5.69 Å². The Labute approximate surface area is 178 Å². The third kappa shape index (κ3) is 3.39. The number of nitrogens with zero attached hydrogens (tertiary/aromatic N) is 3. The number of carbonyl (C=O) groups excluding carboxylic acids is 2. The number of hydrogen-bond donors (Lipinski definition) is 2. The van der Waals surface area contributed by atoms with Gasteiger partial charge in [-0.05, 0) is 67.4 Å². The minimum absolute atomic E-state index is 0.0194. The van der Waals surface area contributed by atoms with E-state index in [2.05, 4.69) is 16.4 Å². The summed E-state index contributed by atoms with van der Waals surface area (Å²) in [4.78, 5) is 32.6. The number of aromatic nitrogens is 3. The van der Waals surface area contributed by atoms with Crippen molar-refractivity contribution >= 4 is 28.4 Å². The second-order valence-corrected chi connectivity index (χ2v) is 7.61. The smallest absolute Gasteiger partial charge is 0.224 e. The SMILES string of the molecule is CC(=O)c1ccc2c(c1)nc(-c1ccnc(CO)c1)n2-c1ccc2c(c1)CCC(=O)N2. The van der Waals surface area contributed by atoms with Crippen molar-refractivity contribution in [3.05, 3.63) is 71.5 Å². The van der Waals surface area contributed by atoms with Gasteiger partial charge in [-0.1, -0.05) is 0 Å². The maximum absolute atomic E-state index is 11.9. The van der Waals surface area contributed by atoms with Crippen LogP contribution in [0.2, 0.25) is 0 Å². The van der Waals surface area contributed by atoms with E-state index in [4.69, 9.17) is 4.98 Å². The number of benzene rings is 2. The lowest BCUT2D eigenvalue weighted by molar-refractivity contribution is -0.116. The van der Waals surface area contributed by atoms with Crippen molar-refractivity contribution in [2.45, 2.75) is 26.4 Å². The summed E-state index contributed by atoms with van der Waals surface area (Å²) in [5, 5.41) is 12.4. The average Bonchev–Trinajstić information content (AvgIpc) is 3.17. The van der Waals surface area contributed by atoms with Gasteiger partial charge < -0.3 is 10.4 Å². The highest BCUT2D eigenvalue weighted by Crippen LogP contribution is 2.32. The highest BCUT2D eigenvalue weighted by molar-refractivity contribution is 5.98. The number of aliphatic hydroxyl groups excluding tert-OH is 1. The molecule has 3 heterocycles. The van der Waals surface area contributed by atoms with E-state index in [9.17, 15) is 14.7 Å². The first-order valence-electron chi connectivity index (χ1n) is 10.1. The van der Waals surface area contributed by atoms with Crippen molar-refractivity contribution in [3.63, 3.8) is 0 Å². The molecule has 7 heteroatoms. The molecule has 31 heavy (non-hydrogen) atoms. The minimum Gasteiger partial charge on any atom is -0.390 e. The standard InChI is InChI=1S/C24H20N4O3/c1-14(30)15-2-6-22-21(12-15)27-24(17-8-9-25-18(10-17)13-29)28(22)19-4-5-20-16(11-19)3-7-23(31)26-20/h2,4-6,8-12,29H,3,7,13H2,1H3,(H,26,31). The molecule has 0 atom stereocenters. The molecule has 2 aromatic heterocycles. The van der Waals surface area contributed by atoms with E-state index in [1.807, 2.05) is 34.9 Å². The van der Waals surface area contributed by atoms with Crippen molar-refractivity contribution in [2.24, 2.45) is 0 Å². The fraction of sp³-hybridized carbons (Fsp3) is 0.167. The van der Waals surface area contributed by atoms with Crippen LogP contribution in [-0.2, 0) is 17.8 Å². The predicted molar refractivity (Wildman–Crippen MR) is 117 cm³/mol. The zero-order valence-electron chi connectivity index (χ0n) is 16.9. The molecule has 2 N–H and O–H groups in total. The molecule has 2 aromatic carbocycles. The number of imidazole rings is 1. The summed E-state index contributed by atoms with van der Waals surface area (Å²) in [7, 11) is 0. The predicted octanol–water partition coefficient (Wildman–Crippen LogP) is 3.67. The molecule has 7 nitrogen and oxygen atoms in total. The zero-order chi connectivity index (χ0) is 21.5. The number of aliphatic hydroxyl groups is 1. The number of anilines is 1. The van der Waals surface area contributed by atoms with Gasteiger partial charge in [-0.3, -0.25) is 19.1 Å². The molecular formula is C24H20N4O3. The number of ketones is 1. The summed E-state index contributed by atoms with van der Waals surface area (Å²) < 4.78 is 2.03. The van der Waals surface area contributed by atoms with Crippen molar-refractivity contribution in [1.82, 2.24) is 14.5 Å². The fourth-order valence-electron chi connectivity index (χ4n) is 3.97. The molecule has 4 aromatic rings. The summed E-state index contributed by atoms with van der Waals surface area (Å²) in [5.74, 6) is 0.695. The highest BCUT2D eigenvalue weighted by atomic mass is 16.3. The monoisotopic (exact) mass is 412 g/mol. The molecule has 1 aliphatic heterocycles.